The van der Waals surface area contributed by atoms with Gasteiger partial charge in [0, 0.05) is 48.4 Å². The fraction of sp³-hybridized carbons (Fsp3) is 0.533. The lowest BCUT2D eigenvalue weighted by Gasteiger charge is -2.44. The molecule has 3 atom stereocenters. The van der Waals surface area contributed by atoms with Crippen molar-refractivity contribution in [2.24, 2.45) is 17.3 Å². The molecule has 3 saturated heterocycles. The van der Waals surface area contributed by atoms with E-state index in [9.17, 15) is 9.59 Å². The number of nitrogens with zero attached hydrogens (tertiary/aromatic N) is 2. The zero-order valence-corrected chi connectivity index (χ0v) is 22.5. The molecule has 4 fully saturated rings. The molecular weight excluding hydrogens is 514 g/mol. The highest BCUT2D eigenvalue weighted by atomic mass is 79.9. The SMILES string of the molecule is O=C(C1CC1)C(C1CNCC1c1ccccc1)N1CCC2(CCN(Cc3ccc(Br)cc3)C2=O)CC1. The molecule has 6 rings (SSSR count). The van der Waals surface area contributed by atoms with Gasteiger partial charge >= 0.3 is 0 Å². The van der Waals surface area contributed by atoms with Crippen LogP contribution in [-0.4, -0.2) is 60.3 Å². The summed E-state index contributed by atoms with van der Waals surface area (Å²) in [5.41, 5.74) is 2.27. The molecule has 1 N–H and O–H groups in total. The van der Waals surface area contributed by atoms with E-state index >= 15 is 0 Å². The van der Waals surface area contributed by atoms with Crippen molar-refractivity contribution in [1.29, 1.82) is 0 Å². The van der Waals surface area contributed by atoms with Crippen molar-refractivity contribution in [3.63, 3.8) is 0 Å². The summed E-state index contributed by atoms with van der Waals surface area (Å²) >= 11 is 3.50. The summed E-state index contributed by atoms with van der Waals surface area (Å²) < 4.78 is 1.06. The number of halogens is 1. The Hall–Kier alpha value is -2.02. The number of amides is 1. The van der Waals surface area contributed by atoms with Gasteiger partial charge in [0.2, 0.25) is 5.91 Å². The fourth-order valence-electron chi connectivity index (χ4n) is 6.92. The monoisotopic (exact) mass is 549 g/mol. The zero-order chi connectivity index (χ0) is 24.7. The normalized spacial score (nSPS) is 27.0. The van der Waals surface area contributed by atoms with Gasteiger partial charge in [0.05, 0.1) is 11.5 Å². The zero-order valence-electron chi connectivity index (χ0n) is 20.9. The number of carbonyl (C=O) groups is 2. The Morgan fingerprint density at radius 1 is 0.972 bits per heavy atom. The summed E-state index contributed by atoms with van der Waals surface area (Å²) in [7, 11) is 0. The first kappa shape index (κ1) is 24.3. The van der Waals surface area contributed by atoms with Gasteiger partial charge in [-0.25, -0.2) is 0 Å². The highest BCUT2D eigenvalue weighted by molar-refractivity contribution is 9.10. The van der Waals surface area contributed by atoms with Crippen LogP contribution in [0.25, 0.3) is 0 Å². The molecule has 0 bridgehead atoms. The second-order valence-electron chi connectivity index (χ2n) is 11.4. The topological polar surface area (TPSA) is 52.7 Å². The number of hydrogen-bond acceptors (Lipinski definition) is 4. The molecule has 3 aliphatic heterocycles. The largest absolute Gasteiger partial charge is 0.338 e. The van der Waals surface area contributed by atoms with Crippen LogP contribution in [0, 0.1) is 17.3 Å². The molecular formula is C30H36BrN3O2. The first-order valence-corrected chi connectivity index (χ1v) is 14.4. The molecule has 5 nitrogen and oxygen atoms in total. The van der Waals surface area contributed by atoms with Gasteiger partial charge < -0.3 is 10.2 Å². The molecule has 1 saturated carbocycles. The van der Waals surface area contributed by atoms with E-state index < -0.39 is 0 Å². The summed E-state index contributed by atoms with van der Waals surface area (Å²) in [5.74, 6) is 1.68. The van der Waals surface area contributed by atoms with Gasteiger partial charge in [-0.1, -0.05) is 58.4 Å². The first-order chi connectivity index (χ1) is 17.5. The number of likely N-dealkylation sites (tertiary alicyclic amines) is 2. The molecule has 3 unspecified atom stereocenters. The Balaban J connectivity index is 1.16. The van der Waals surface area contributed by atoms with E-state index in [0.29, 0.717) is 30.1 Å². The Morgan fingerprint density at radius 2 is 1.67 bits per heavy atom. The maximum atomic E-state index is 13.7. The minimum Gasteiger partial charge on any atom is -0.338 e. The average Bonchev–Trinajstić information content (AvgIpc) is 3.59. The first-order valence-electron chi connectivity index (χ1n) is 13.6. The third-order valence-corrected chi connectivity index (χ3v) is 9.73. The lowest BCUT2D eigenvalue weighted by Crippen LogP contribution is -2.54. The van der Waals surface area contributed by atoms with Crippen LogP contribution in [0.1, 0.15) is 49.1 Å². The lowest BCUT2D eigenvalue weighted by molar-refractivity contribution is -0.140. The second-order valence-corrected chi connectivity index (χ2v) is 12.3. The number of nitrogens with one attached hydrogen (secondary N) is 1. The van der Waals surface area contributed by atoms with Crippen molar-refractivity contribution in [3.05, 3.63) is 70.2 Å². The average molecular weight is 551 g/mol. The van der Waals surface area contributed by atoms with Gasteiger partial charge in [-0.2, -0.15) is 0 Å². The molecule has 0 aromatic heterocycles. The number of carbonyl (C=O) groups excluding carboxylic acids is 2. The van der Waals surface area contributed by atoms with Gasteiger partial charge in [0.15, 0.2) is 5.78 Å². The van der Waals surface area contributed by atoms with Crippen LogP contribution in [0.5, 0.6) is 0 Å². The quantitative estimate of drug-likeness (QED) is 0.547. The third kappa shape index (κ3) is 4.68. The molecule has 190 valence electrons. The molecule has 1 aliphatic carbocycles. The molecule has 36 heavy (non-hydrogen) atoms. The smallest absolute Gasteiger partial charge is 0.229 e. The number of piperidine rings is 1. The standard InChI is InChI=1S/C30H36BrN3O2/c31-24-10-6-21(7-11-24)20-34-17-14-30(29(34)36)12-15-33(16-13-30)27(28(35)23-8-9-23)26-19-32-18-25(26)22-4-2-1-3-5-22/h1-7,10-11,23,25-27,32H,8-9,12-20H2. The number of benzene rings is 2. The molecule has 1 spiro atoms. The van der Waals surface area contributed by atoms with Gasteiger partial charge in [-0.15, -0.1) is 0 Å². The van der Waals surface area contributed by atoms with Crippen LogP contribution in [0.15, 0.2) is 59.1 Å². The minimum atomic E-state index is -0.244. The summed E-state index contributed by atoms with van der Waals surface area (Å²) in [6.07, 6.45) is 4.77. The fourth-order valence-corrected chi connectivity index (χ4v) is 7.18. The molecule has 4 aliphatic rings. The Morgan fingerprint density at radius 3 is 2.36 bits per heavy atom. The Kier molecular flexibility index (Phi) is 6.78. The van der Waals surface area contributed by atoms with Crippen LogP contribution in [0.2, 0.25) is 0 Å². The summed E-state index contributed by atoms with van der Waals surface area (Å²) in [4.78, 5) is 31.8. The summed E-state index contributed by atoms with van der Waals surface area (Å²) in [5, 5.41) is 3.60. The van der Waals surface area contributed by atoms with E-state index in [-0.39, 0.29) is 17.4 Å². The van der Waals surface area contributed by atoms with Gasteiger partial charge in [-0.3, -0.25) is 14.5 Å². The minimum absolute atomic E-state index is 0.0366. The molecule has 2 aromatic carbocycles. The predicted molar refractivity (Wildman–Crippen MR) is 144 cm³/mol. The van der Waals surface area contributed by atoms with E-state index in [2.05, 4.69) is 73.5 Å². The van der Waals surface area contributed by atoms with E-state index in [1.165, 1.54) is 11.1 Å². The van der Waals surface area contributed by atoms with Crippen LogP contribution >= 0.6 is 15.9 Å². The van der Waals surface area contributed by atoms with E-state index in [1.807, 2.05) is 12.1 Å². The molecule has 1 amide bonds. The Bertz CT molecular complexity index is 1090. The van der Waals surface area contributed by atoms with Crippen molar-refractivity contribution in [2.45, 2.75) is 50.6 Å². The number of Topliss-reactive ketones (excluding diaryl/α,β-unsaturated/α-hetero) is 1. The van der Waals surface area contributed by atoms with Crippen molar-refractivity contribution >= 4 is 27.6 Å². The summed E-state index contributed by atoms with van der Waals surface area (Å²) in [6.45, 7) is 5.04. The van der Waals surface area contributed by atoms with Crippen molar-refractivity contribution in [1.82, 2.24) is 15.1 Å². The second kappa shape index (κ2) is 10.0. The van der Waals surface area contributed by atoms with Crippen LogP contribution in [0.3, 0.4) is 0 Å². The number of hydrogen-bond donors (Lipinski definition) is 1. The molecule has 3 heterocycles. The maximum Gasteiger partial charge on any atom is 0.229 e. The maximum absolute atomic E-state index is 13.7. The van der Waals surface area contributed by atoms with Gasteiger partial charge in [0.1, 0.15) is 0 Å². The van der Waals surface area contributed by atoms with Gasteiger partial charge in [-0.05, 0) is 68.5 Å². The van der Waals surface area contributed by atoms with Crippen LogP contribution < -0.4 is 5.32 Å². The Labute approximate surface area is 222 Å². The molecule has 2 aromatic rings. The lowest BCUT2D eigenvalue weighted by atomic mass is 9.74. The third-order valence-electron chi connectivity index (χ3n) is 9.20. The van der Waals surface area contributed by atoms with E-state index in [0.717, 1.165) is 69.3 Å². The van der Waals surface area contributed by atoms with Crippen molar-refractivity contribution < 1.29 is 9.59 Å². The van der Waals surface area contributed by atoms with Crippen molar-refractivity contribution in [2.75, 3.05) is 32.7 Å². The van der Waals surface area contributed by atoms with E-state index in [4.69, 9.17) is 0 Å². The summed E-state index contributed by atoms with van der Waals surface area (Å²) in [6, 6.07) is 19.0. The number of rotatable bonds is 7. The number of ketones is 1. The van der Waals surface area contributed by atoms with Crippen LogP contribution in [0.4, 0.5) is 0 Å². The highest BCUT2D eigenvalue weighted by Gasteiger charge is 2.51. The van der Waals surface area contributed by atoms with Crippen LogP contribution in [-0.2, 0) is 16.1 Å². The van der Waals surface area contributed by atoms with Crippen molar-refractivity contribution in [3.8, 4) is 0 Å². The predicted octanol–water partition coefficient (Wildman–Crippen LogP) is 4.61. The highest BCUT2D eigenvalue weighted by Crippen LogP contribution is 2.45. The van der Waals surface area contributed by atoms with Gasteiger partial charge in [0.25, 0.3) is 0 Å². The molecule has 0 radical (unpaired) electrons. The molecule has 6 heteroatoms. The van der Waals surface area contributed by atoms with E-state index in [1.54, 1.807) is 0 Å².